The van der Waals surface area contributed by atoms with E-state index in [4.69, 9.17) is 0 Å². The van der Waals surface area contributed by atoms with Crippen molar-refractivity contribution in [2.24, 2.45) is 0 Å². The summed E-state index contributed by atoms with van der Waals surface area (Å²) in [5.41, 5.74) is 0. The van der Waals surface area contributed by atoms with E-state index in [1.54, 1.807) is 24.6 Å². The first-order valence-electron chi connectivity index (χ1n) is 15.8. The van der Waals surface area contributed by atoms with Crippen LogP contribution in [0.5, 0.6) is 0 Å². The summed E-state index contributed by atoms with van der Waals surface area (Å²) in [5, 5.41) is 0. The molecule has 0 unspecified atom stereocenters. The molecule has 0 aromatic rings. The molecular weight excluding hydrogens is 530 g/mol. The molecule has 0 aromatic carbocycles. The zero-order valence-electron chi connectivity index (χ0n) is 23.9. The number of unbranched alkanes of at least 4 members (excludes halogenated alkanes) is 19. The van der Waals surface area contributed by atoms with Crippen molar-refractivity contribution >= 4 is 26.3 Å². The minimum atomic E-state index is -1.59. The molecule has 0 aromatic heterocycles. The standard InChI is InChI=1S/C31H66IP/c1-5-9-13-17-21-25-29-33(32,28-24-20-16-12-8-4,30-26-22-18-14-10-6-2)31-27-23-19-15-11-7-3/h5-31H2,1-4H3. The van der Waals surface area contributed by atoms with Crippen LogP contribution in [-0.4, -0.2) is 24.6 Å². The molecule has 0 amide bonds. The van der Waals surface area contributed by atoms with Crippen LogP contribution in [0.25, 0.3) is 0 Å². The van der Waals surface area contributed by atoms with Crippen molar-refractivity contribution in [3.05, 3.63) is 0 Å². The fourth-order valence-electron chi connectivity index (χ4n) is 5.64. The van der Waals surface area contributed by atoms with Crippen molar-refractivity contribution < 1.29 is 0 Å². The van der Waals surface area contributed by atoms with Crippen LogP contribution < -0.4 is 0 Å². The predicted octanol–water partition coefficient (Wildman–Crippen LogP) is 12.9. The Labute approximate surface area is 225 Å². The molecular formula is C31H66IP. The molecule has 33 heavy (non-hydrogen) atoms. The van der Waals surface area contributed by atoms with Gasteiger partial charge in [0, 0.05) is 0 Å². The Morgan fingerprint density at radius 1 is 0.303 bits per heavy atom. The number of hydrogen-bond acceptors (Lipinski definition) is 0. The zero-order chi connectivity index (χ0) is 24.5. The molecule has 0 atom stereocenters. The van der Waals surface area contributed by atoms with Crippen LogP contribution in [0.15, 0.2) is 0 Å². The Balaban J connectivity index is 4.99. The molecule has 0 aliphatic carbocycles. The second-order valence-electron chi connectivity index (χ2n) is 11.4. The summed E-state index contributed by atoms with van der Waals surface area (Å²) in [5.74, 6) is 0. The zero-order valence-corrected chi connectivity index (χ0v) is 27.0. The average Bonchev–Trinajstić information content (AvgIpc) is 2.81. The molecule has 0 spiro atoms. The summed E-state index contributed by atoms with van der Waals surface area (Å²) in [4.78, 5) is 0. The third kappa shape index (κ3) is 20.0. The summed E-state index contributed by atoms with van der Waals surface area (Å²) < 4.78 is -1.59. The van der Waals surface area contributed by atoms with Crippen molar-refractivity contribution in [2.75, 3.05) is 24.6 Å². The van der Waals surface area contributed by atoms with E-state index in [0.29, 0.717) is 0 Å². The first kappa shape index (κ1) is 34.2. The quantitative estimate of drug-likeness (QED) is 0.0503. The Kier molecular flexibility index (Phi) is 24.4. The third-order valence-corrected chi connectivity index (χ3v) is 19.6. The van der Waals surface area contributed by atoms with Crippen LogP contribution in [0.3, 0.4) is 0 Å². The monoisotopic (exact) mass is 596 g/mol. The van der Waals surface area contributed by atoms with E-state index in [9.17, 15) is 0 Å². The van der Waals surface area contributed by atoms with Crippen molar-refractivity contribution in [3.63, 3.8) is 0 Å². The molecule has 0 bridgehead atoms. The van der Waals surface area contributed by atoms with Gasteiger partial charge in [0.2, 0.25) is 0 Å². The molecule has 0 rings (SSSR count). The molecule has 2 heteroatoms. The van der Waals surface area contributed by atoms with Crippen LogP contribution in [0.2, 0.25) is 0 Å². The van der Waals surface area contributed by atoms with Crippen LogP contribution in [0.4, 0.5) is 0 Å². The maximum absolute atomic E-state index is 3.20. The first-order chi connectivity index (χ1) is 16.0. The molecule has 202 valence electrons. The normalized spacial score (nSPS) is 13.3. The van der Waals surface area contributed by atoms with Crippen molar-refractivity contribution in [2.45, 2.75) is 175 Å². The second-order valence-corrected chi connectivity index (χ2v) is 25.0. The predicted molar refractivity (Wildman–Crippen MR) is 169 cm³/mol. The number of rotatable bonds is 27. The summed E-state index contributed by atoms with van der Waals surface area (Å²) in [6, 6.07) is 0. The summed E-state index contributed by atoms with van der Waals surface area (Å²) >= 11 is 3.20. The van der Waals surface area contributed by atoms with E-state index in [0.717, 1.165) is 0 Å². The first-order valence-corrected chi connectivity index (χ1v) is 21.5. The minimum absolute atomic E-state index is 1.37. The fourth-order valence-corrected chi connectivity index (χ4v) is 15.1. The Morgan fingerprint density at radius 3 is 0.697 bits per heavy atom. The Bertz CT molecular complexity index is 351. The summed E-state index contributed by atoms with van der Waals surface area (Å²) in [6.45, 7) is 9.39. The molecule has 0 aliphatic heterocycles. The van der Waals surface area contributed by atoms with Crippen molar-refractivity contribution in [1.29, 1.82) is 0 Å². The molecule has 0 radical (unpaired) electrons. The maximum atomic E-state index is 3.20. The molecule has 0 heterocycles. The van der Waals surface area contributed by atoms with Gasteiger partial charge in [0.25, 0.3) is 0 Å². The third-order valence-electron chi connectivity index (χ3n) is 8.03. The van der Waals surface area contributed by atoms with Gasteiger partial charge in [-0.25, -0.2) is 0 Å². The van der Waals surface area contributed by atoms with E-state index < -0.39 is 4.25 Å². The fraction of sp³-hybridized carbons (Fsp3) is 1.00. The van der Waals surface area contributed by atoms with E-state index in [1.165, 1.54) is 148 Å². The molecule has 0 saturated carbocycles. The van der Waals surface area contributed by atoms with E-state index in [1.807, 2.05) is 0 Å². The summed E-state index contributed by atoms with van der Waals surface area (Å²) in [7, 11) is 0. The van der Waals surface area contributed by atoms with E-state index >= 15 is 0 Å². The van der Waals surface area contributed by atoms with Gasteiger partial charge in [0.15, 0.2) is 0 Å². The number of halogens is 1. The van der Waals surface area contributed by atoms with Gasteiger partial charge in [-0.05, 0) is 0 Å². The van der Waals surface area contributed by atoms with E-state index in [2.05, 4.69) is 49.7 Å². The summed E-state index contributed by atoms with van der Waals surface area (Å²) in [6.07, 6.45) is 40.3. The van der Waals surface area contributed by atoms with Crippen molar-refractivity contribution in [1.82, 2.24) is 0 Å². The van der Waals surface area contributed by atoms with Crippen LogP contribution in [0, 0.1) is 0 Å². The topological polar surface area (TPSA) is 0 Å². The van der Waals surface area contributed by atoms with Gasteiger partial charge in [0.05, 0.1) is 0 Å². The Morgan fingerprint density at radius 2 is 0.485 bits per heavy atom. The van der Waals surface area contributed by atoms with Gasteiger partial charge in [0.1, 0.15) is 0 Å². The molecule has 0 N–H and O–H groups in total. The van der Waals surface area contributed by atoms with Gasteiger partial charge < -0.3 is 0 Å². The van der Waals surface area contributed by atoms with Gasteiger partial charge in [-0.3, -0.25) is 0 Å². The van der Waals surface area contributed by atoms with Crippen LogP contribution >= 0.6 is 26.3 Å². The van der Waals surface area contributed by atoms with Crippen molar-refractivity contribution in [3.8, 4) is 0 Å². The second kappa shape index (κ2) is 23.6. The SMILES string of the molecule is CCCCCCCCP(I)(CCCCCCC)(CCCCCCCC)CCCCCCCC. The van der Waals surface area contributed by atoms with E-state index in [-0.39, 0.29) is 0 Å². The number of hydrogen-bond donors (Lipinski definition) is 0. The van der Waals surface area contributed by atoms with Gasteiger partial charge >= 0.3 is 226 Å². The van der Waals surface area contributed by atoms with Crippen LogP contribution in [-0.2, 0) is 0 Å². The molecule has 0 saturated heterocycles. The molecule has 0 fully saturated rings. The van der Waals surface area contributed by atoms with Crippen LogP contribution in [0.1, 0.15) is 175 Å². The van der Waals surface area contributed by atoms with Gasteiger partial charge in [-0.1, -0.05) is 0 Å². The van der Waals surface area contributed by atoms with Gasteiger partial charge in [-0.2, -0.15) is 0 Å². The Hall–Kier alpha value is 1.16. The molecule has 0 nitrogen and oxygen atoms in total. The molecule has 0 aliphatic rings. The average molecular weight is 597 g/mol. The van der Waals surface area contributed by atoms with Gasteiger partial charge in [-0.15, -0.1) is 0 Å².